The molecule has 0 saturated carbocycles. The number of aliphatic hydroxyl groups excluding tert-OH is 1. The van der Waals surface area contributed by atoms with Gasteiger partial charge in [-0.2, -0.15) is 0 Å². The monoisotopic (exact) mass is 438 g/mol. The lowest BCUT2D eigenvalue weighted by Gasteiger charge is -2.32. The summed E-state index contributed by atoms with van der Waals surface area (Å²) in [6, 6.07) is 4.77. The molecule has 146 valence electrons. The van der Waals surface area contributed by atoms with Crippen LogP contribution in [-0.4, -0.2) is 43.5 Å². The highest BCUT2D eigenvalue weighted by molar-refractivity contribution is 9.10. The first-order valence-corrected chi connectivity index (χ1v) is 9.56. The van der Waals surface area contributed by atoms with Crippen LogP contribution in [0.4, 0.5) is 5.69 Å². The zero-order chi connectivity index (χ0) is 19.8. The number of nitro benzene ring substituents is 1. The fraction of sp³-hybridized carbons (Fsp3) is 0.500. The molecule has 1 aliphatic rings. The van der Waals surface area contributed by atoms with Crippen LogP contribution in [0, 0.1) is 10.1 Å². The molecule has 3 rings (SSSR count). The van der Waals surface area contributed by atoms with Crippen molar-refractivity contribution in [1.82, 2.24) is 14.9 Å². The Morgan fingerprint density at radius 1 is 1.48 bits per heavy atom. The van der Waals surface area contributed by atoms with Crippen LogP contribution < -0.4 is 0 Å². The predicted molar refractivity (Wildman–Crippen MR) is 104 cm³/mol. The molecular formula is C18H23BrN4O4. The van der Waals surface area contributed by atoms with E-state index in [1.165, 1.54) is 6.07 Å². The minimum absolute atomic E-state index is 0.0166. The van der Waals surface area contributed by atoms with Gasteiger partial charge in [-0.1, -0.05) is 0 Å². The van der Waals surface area contributed by atoms with Crippen LogP contribution in [0.1, 0.15) is 45.5 Å². The second-order valence-corrected chi connectivity index (χ2v) is 8.41. The Balaban J connectivity index is 1.81. The van der Waals surface area contributed by atoms with Crippen molar-refractivity contribution in [2.75, 3.05) is 6.54 Å². The van der Waals surface area contributed by atoms with Gasteiger partial charge >= 0.3 is 0 Å². The molecule has 1 unspecified atom stereocenters. The Hall–Kier alpha value is -1.81. The molecule has 0 bridgehead atoms. The van der Waals surface area contributed by atoms with Gasteiger partial charge in [-0.25, -0.2) is 9.88 Å². The highest BCUT2D eigenvalue weighted by Crippen LogP contribution is 2.35. The second-order valence-electron chi connectivity index (χ2n) is 7.56. The lowest BCUT2D eigenvalue weighted by atomic mass is 10.1. The number of benzene rings is 1. The number of ether oxygens (including phenoxy) is 1. The number of likely N-dealkylation sites (tertiary alicyclic amines) is 1. The van der Waals surface area contributed by atoms with E-state index in [0.717, 1.165) is 36.5 Å². The van der Waals surface area contributed by atoms with Gasteiger partial charge in [0.05, 0.1) is 32.9 Å². The number of aliphatic hydroxyl groups is 1. The highest BCUT2D eigenvalue weighted by atomic mass is 79.9. The SMILES string of the molecule is CC(C)(C)OC(O)N1CCC[C@H]1c1ncc(-c2ccc([N+](=O)[O-])c(Br)c2)[nH]1. The third-order valence-corrected chi connectivity index (χ3v) is 5.04. The first-order chi connectivity index (χ1) is 12.7. The van der Waals surface area contributed by atoms with E-state index < -0.39 is 16.9 Å². The Kier molecular flexibility index (Phi) is 5.66. The molecule has 2 atom stereocenters. The molecule has 0 aliphatic carbocycles. The summed E-state index contributed by atoms with van der Waals surface area (Å²) in [6.07, 6.45) is 2.51. The molecule has 1 aromatic carbocycles. The van der Waals surface area contributed by atoms with Crippen LogP contribution in [0.2, 0.25) is 0 Å². The highest BCUT2D eigenvalue weighted by Gasteiger charge is 2.35. The Bertz CT molecular complexity index is 833. The third-order valence-electron chi connectivity index (χ3n) is 4.40. The van der Waals surface area contributed by atoms with Crippen molar-refractivity contribution in [3.8, 4) is 11.3 Å². The van der Waals surface area contributed by atoms with Crippen LogP contribution in [0.5, 0.6) is 0 Å². The van der Waals surface area contributed by atoms with Gasteiger partial charge in [-0.3, -0.25) is 10.1 Å². The maximum Gasteiger partial charge on any atom is 0.283 e. The Morgan fingerprint density at radius 2 is 2.22 bits per heavy atom. The van der Waals surface area contributed by atoms with E-state index in [0.29, 0.717) is 4.47 Å². The summed E-state index contributed by atoms with van der Waals surface area (Å²) in [7, 11) is 0. The molecule has 1 aromatic heterocycles. The molecule has 9 heteroatoms. The lowest BCUT2D eigenvalue weighted by Crippen LogP contribution is -2.41. The lowest BCUT2D eigenvalue weighted by molar-refractivity contribution is -0.385. The number of nitro groups is 1. The van der Waals surface area contributed by atoms with Gasteiger partial charge in [0.1, 0.15) is 5.82 Å². The van der Waals surface area contributed by atoms with Gasteiger partial charge in [-0.15, -0.1) is 0 Å². The molecular weight excluding hydrogens is 416 g/mol. The number of hydrogen-bond donors (Lipinski definition) is 2. The number of imidazole rings is 1. The van der Waals surface area contributed by atoms with Gasteiger partial charge < -0.3 is 14.8 Å². The predicted octanol–water partition coefficient (Wildman–Crippen LogP) is 3.98. The van der Waals surface area contributed by atoms with Crippen molar-refractivity contribution in [3.05, 3.63) is 44.8 Å². The summed E-state index contributed by atoms with van der Waals surface area (Å²) in [4.78, 5) is 20.2. The van der Waals surface area contributed by atoms with E-state index in [2.05, 4.69) is 25.9 Å². The number of aromatic amines is 1. The van der Waals surface area contributed by atoms with Gasteiger partial charge in [-0.05, 0) is 61.7 Å². The van der Waals surface area contributed by atoms with E-state index in [9.17, 15) is 15.2 Å². The number of rotatable bonds is 5. The first-order valence-electron chi connectivity index (χ1n) is 8.76. The maximum absolute atomic E-state index is 11.0. The normalized spacial score (nSPS) is 19.4. The molecule has 2 N–H and O–H groups in total. The van der Waals surface area contributed by atoms with Crippen LogP contribution in [-0.2, 0) is 4.74 Å². The number of hydrogen-bond acceptors (Lipinski definition) is 6. The maximum atomic E-state index is 11.0. The molecule has 2 aromatic rings. The van der Waals surface area contributed by atoms with E-state index in [4.69, 9.17) is 4.74 Å². The number of nitrogens with one attached hydrogen (secondary N) is 1. The van der Waals surface area contributed by atoms with Gasteiger partial charge in [0.15, 0.2) is 0 Å². The quantitative estimate of drug-likeness (QED) is 0.415. The summed E-state index contributed by atoms with van der Waals surface area (Å²) in [5.41, 5.74) is 1.12. The van der Waals surface area contributed by atoms with E-state index in [1.807, 2.05) is 25.7 Å². The fourth-order valence-corrected chi connectivity index (χ4v) is 3.73. The number of halogens is 1. The van der Waals surface area contributed by atoms with Gasteiger partial charge in [0.2, 0.25) is 6.41 Å². The Morgan fingerprint density at radius 3 is 2.85 bits per heavy atom. The van der Waals surface area contributed by atoms with E-state index >= 15 is 0 Å². The zero-order valence-electron chi connectivity index (χ0n) is 15.5. The van der Waals surface area contributed by atoms with Crippen molar-refractivity contribution in [2.24, 2.45) is 0 Å². The smallest absolute Gasteiger partial charge is 0.283 e. The summed E-state index contributed by atoms with van der Waals surface area (Å²) >= 11 is 3.24. The van der Waals surface area contributed by atoms with Crippen LogP contribution >= 0.6 is 15.9 Å². The molecule has 0 amide bonds. The average Bonchev–Trinajstić information content (AvgIpc) is 3.22. The van der Waals surface area contributed by atoms with Crippen LogP contribution in [0.15, 0.2) is 28.9 Å². The topological polar surface area (TPSA) is 105 Å². The molecule has 27 heavy (non-hydrogen) atoms. The molecule has 0 spiro atoms. The van der Waals surface area contributed by atoms with E-state index in [1.54, 1.807) is 18.3 Å². The summed E-state index contributed by atoms with van der Waals surface area (Å²) < 4.78 is 6.10. The molecule has 0 radical (unpaired) electrons. The van der Waals surface area contributed by atoms with E-state index in [-0.39, 0.29) is 11.7 Å². The van der Waals surface area contributed by atoms with Crippen molar-refractivity contribution >= 4 is 21.6 Å². The summed E-state index contributed by atoms with van der Waals surface area (Å²) in [6.45, 7) is 6.43. The minimum Gasteiger partial charge on any atom is -0.356 e. The van der Waals surface area contributed by atoms with Crippen molar-refractivity contribution < 1.29 is 14.8 Å². The molecule has 1 saturated heterocycles. The zero-order valence-corrected chi connectivity index (χ0v) is 17.1. The summed E-state index contributed by atoms with van der Waals surface area (Å²) in [5, 5.41) is 21.4. The number of nitrogens with zero attached hydrogens (tertiary/aromatic N) is 3. The molecule has 8 nitrogen and oxygen atoms in total. The first kappa shape index (κ1) is 19.9. The van der Waals surface area contributed by atoms with Crippen molar-refractivity contribution in [1.29, 1.82) is 0 Å². The molecule has 1 aliphatic heterocycles. The van der Waals surface area contributed by atoms with Gasteiger partial charge in [0.25, 0.3) is 5.69 Å². The fourth-order valence-electron chi connectivity index (χ4n) is 3.21. The van der Waals surface area contributed by atoms with Gasteiger partial charge in [0, 0.05) is 18.2 Å². The number of aromatic nitrogens is 2. The largest absolute Gasteiger partial charge is 0.356 e. The van der Waals surface area contributed by atoms with Crippen molar-refractivity contribution in [2.45, 2.75) is 51.7 Å². The van der Waals surface area contributed by atoms with Crippen LogP contribution in [0.25, 0.3) is 11.3 Å². The molecule has 1 fully saturated rings. The third kappa shape index (κ3) is 4.55. The number of H-pyrrole nitrogens is 1. The average molecular weight is 439 g/mol. The second kappa shape index (κ2) is 7.67. The molecule has 2 heterocycles. The standard InChI is InChI=1S/C18H23BrN4O4/c1-18(2,3)27-17(24)22-8-4-5-15(22)16-20-10-13(21-16)11-6-7-14(23(25)26)12(19)9-11/h6-7,9-10,15,17,24H,4-5,8H2,1-3H3,(H,20,21)/t15-,17?/m0/s1. The van der Waals surface area contributed by atoms with Crippen LogP contribution in [0.3, 0.4) is 0 Å². The van der Waals surface area contributed by atoms with Crippen molar-refractivity contribution in [3.63, 3.8) is 0 Å². The Labute approximate surface area is 165 Å². The minimum atomic E-state index is -1.00. The summed E-state index contributed by atoms with van der Waals surface area (Å²) in [5.74, 6) is 0.744.